The highest BCUT2D eigenvalue weighted by Gasteiger charge is 2.50. The van der Waals surface area contributed by atoms with Crippen LogP contribution in [0.3, 0.4) is 0 Å². The second kappa shape index (κ2) is 7.39. The van der Waals surface area contributed by atoms with E-state index in [1.54, 1.807) is 0 Å². The third-order valence-electron chi connectivity index (χ3n) is 7.59. The monoisotopic (exact) mass is 476 g/mol. The summed E-state index contributed by atoms with van der Waals surface area (Å²) in [6.07, 6.45) is 1.90. The van der Waals surface area contributed by atoms with Crippen molar-refractivity contribution < 1.29 is 0 Å². The number of hydrogen-bond acceptors (Lipinski definition) is 3. The maximum Gasteiger partial charge on any atom is 0.0894 e. The number of nitrogens with zero attached hydrogens (tertiary/aromatic N) is 2. The van der Waals surface area contributed by atoms with E-state index in [9.17, 15) is 0 Å². The van der Waals surface area contributed by atoms with Crippen molar-refractivity contribution in [3.63, 3.8) is 0 Å². The van der Waals surface area contributed by atoms with Gasteiger partial charge in [-0.05, 0) is 63.7 Å². The molecule has 36 heavy (non-hydrogen) atoms. The predicted octanol–water partition coefficient (Wildman–Crippen LogP) is 8.12. The average molecular weight is 477 g/mol. The fraction of sp³-hybridized carbons (Fsp3) is 0.0303. The molecule has 2 heterocycles. The zero-order valence-electron chi connectivity index (χ0n) is 19.3. The van der Waals surface area contributed by atoms with Gasteiger partial charge >= 0.3 is 0 Å². The van der Waals surface area contributed by atoms with Crippen molar-refractivity contribution in [3.8, 4) is 22.4 Å². The molecule has 168 valence electrons. The van der Waals surface area contributed by atoms with E-state index < -0.39 is 0 Å². The Hall–Kier alpha value is -4.21. The minimum absolute atomic E-state index is 0.370. The zero-order chi connectivity index (χ0) is 23.7. The van der Waals surface area contributed by atoms with Crippen LogP contribution >= 0.6 is 11.8 Å². The summed E-state index contributed by atoms with van der Waals surface area (Å²) < 4.78 is 0. The van der Waals surface area contributed by atoms with Crippen LogP contribution in [0.5, 0.6) is 0 Å². The maximum atomic E-state index is 4.97. The van der Waals surface area contributed by atoms with Gasteiger partial charge in [0, 0.05) is 15.4 Å². The first-order valence-corrected chi connectivity index (χ1v) is 13.0. The molecular weight excluding hydrogens is 456 g/mol. The Kier molecular flexibility index (Phi) is 4.11. The number of benzene rings is 5. The molecular formula is C33H20N2S. The highest BCUT2D eigenvalue weighted by Crippen LogP contribution is 2.62. The smallest absolute Gasteiger partial charge is 0.0894 e. The topological polar surface area (TPSA) is 25.8 Å². The fourth-order valence-electron chi connectivity index (χ4n) is 6.11. The number of para-hydroxylation sites is 2. The van der Waals surface area contributed by atoms with Gasteiger partial charge in [-0.1, -0.05) is 96.7 Å². The summed E-state index contributed by atoms with van der Waals surface area (Å²) in [7, 11) is 0. The summed E-state index contributed by atoms with van der Waals surface area (Å²) >= 11 is 1.86. The van der Waals surface area contributed by atoms with Gasteiger partial charge < -0.3 is 0 Å². The molecule has 1 aliphatic heterocycles. The van der Waals surface area contributed by atoms with Crippen LogP contribution in [0, 0.1) is 0 Å². The normalized spacial score (nSPS) is 14.2. The van der Waals surface area contributed by atoms with Gasteiger partial charge in [0.15, 0.2) is 0 Å². The lowest BCUT2D eigenvalue weighted by Gasteiger charge is -2.39. The van der Waals surface area contributed by atoms with E-state index >= 15 is 0 Å². The first-order chi connectivity index (χ1) is 17.8. The van der Waals surface area contributed by atoms with Crippen molar-refractivity contribution >= 4 is 22.8 Å². The molecule has 5 aromatic carbocycles. The highest BCUT2D eigenvalue weighted by atomic mass is 32.2. The van der Waals surface area contributed by atoms with Gasteiger partial charge in [-0.2, -0.15) is 0 Å². The van der Waals surface area contributed by atoms with Crippen LogP contribution in [-0.2, 0) is 5.41 Å². The van der Waals surface area contributed by atoms with E-state index in [0.717, 1.165) is 22.3 Å². The summed E-state index contributed by atoms with van der Waals surface area (Å²) in [5.74, 6) is 0. The van der Waals surface area contributed by atoms with Crippen molar-refractivity contribution in [2.75, 3.05) is 0 Å². The molecule has 0 bridgehead atoms. The second-order valence-corrected chi connectivity index (χ2v) is 10.5. The van der Waals surface area contributed by atoms with Gasteiger partial charge in [0.1, 0.15) is 0 Å². The molecule has 0 fully saturated rings. The second-order valence-electron chi connectivity index (χ2n) is 9.39. The third-order valence-corrected chi connectivity index (χ3v) is 8.74. The SMILES string of the molecule is c1ccc2c(c1)Sc1ccc(-c3cnc4ccccc4n3)cc1C21c2ccccc2-c2ccccc21. The third kappa shape index (κ3) is 2.58. The van der Waals surface area contributed by atoms with Crippen LogP contribution in [0.2, 0.25) is 0 Å². The van der Waals surface area contributed by atoms with Crippen molar-refractivity contribution in [2.45, 2.75) is 15.2 Å². The lowest BCUT2D eigenvalue weighted by molar-refractivity contribution is 0.722. The highest BCUT2D eigenvalue weighted by molar-refractivity contribution is 7.99. The average Bonchev–Trinajstić information content (AvgIpc) is 3.24. The molecule has 0 atom stereocenters. The van der Waals surface area contributed by atoms with Crippen molar-refractivity contribution in [2.24, 2.45) is 0 Å². The van der Waals surface area contributed by atoms with Crippen LogP contribution in [-0.4, -0.2) is 9.97 Å². The molecule has 2 nitrogen and oxygen atoms in total. The van der Waals surface area contributed by atoms with Gasteiger partial charge in [-0.3, -0.25) is 4.98 Å². The fourth-order valence-corrected chi connectivity index (χ4v) is 7.28. The first kappa shape index (κ1) is 20.0. The summed E-state index contributed by atoms with van der Waals surface area (Å²) in [5, 5.41) is 0. The van der Waals surface area contributed by atoms with E-state index in [1.165, 1.54) is 43.2 Å². The Morgan fingerprint density at radius 2 is 1.14 bits per heavy atom. The Balaban J connectivity index is 1.46. The summed E-state index contributed by atoms with van der Waals surface area (Å²) in [6.45, 7) is 0. The molecule has 1 aromatic heterocycles. The van der Waals surface area contributed by atoms with E-state index in [0.29, 0.717) is 0 Å². The standard InChI is InChI=1S/C33H20N2S/c1-3-11-24-22(9-1)23-10-2-4-12-25(23)33(24)26-13-5-8-16-31(26)36-32-18-17-21(19-27(32)33)30-20-34-28-14-6-7-15-29(28)35-30/h1-20H. The molecule has 0 radical (unpaired) electrons. The minimum Gasteiger partial charge on any atom is -0.252 e. The molecule has 2 aliphatic rings. The number of rotatable bonds is 1. The Labute approximate surface area is 213 Å². The van der Waals surface area contributed by atoms with Gasteiger partial charge in [0.05, 0.1) is 28.3 Å². The number of aromatic nitrogens is 2. The molecule has 6 aromatic rings. The zero-order valence-corrected chi connectivity index (χ0v) is 20.2. The van der Waals surface area contributed by atoms with Crippen LogP contribution in [0.15, 0.2) is 131 Å². The lowest BCUT2D eigenvalue weighted by Crippen LogP contribution is -2.32. The summed E-state index contributed by atoms with van der Waals surface area (Å²) in [5.41, 5.74) is 11.4. The van der Waals surface area contributed by atoms with E-state index in [4.69, 9.17) is 9.97 Å². The molecule has 0 amide bonds. The summed E-state index contributed by atoms with van der Waals surface area (Å²) in [6, 6.07) is 41.6. The predicted molar refractivity (Wildman–Crippen MR) is 146 cm³/mol. The number of fused-ring (bicyclic) bond motifs is 10. The van der Waals surface area contributed by atoms with Crippen LogP contribution < -0.4 is 0 Å². The lowest BCUT2D eigenvalue weighted by atomic mass is 9.67. The van der Waals surface area contributed by atoms with E-state index in [1.807, 2.05) is 42.2 Å². The molecule has 0 N–H and O–H groups in total. The van der Waals surface area contributed by atoms with E-state index in [-0.39, 0.29) is 5.41 Å². The molecule has 0 unspecified atom stereocenters. The first-order valence-electron chi connectivity index (χ1n) is 12.2. The molecule has 8 rings (SSSR count). The van der Waals surface area contributed by atoms with Gasteiger partial charge in [0.2, 0.25) is 0 Å². The van der Waals surface area contributed by atoms with Gasteiger partial charge in [-0.25, -0.2) is 4.98 Å². The van der Waals surface area contributed by atoms with Crippen LogP contribution in [0.1, 0.15) is 22.3 Å². The molecule has 0 saturated heterocycles. The largest absolute Gasteiger partial charge is 0.252 e. The number of hydrogen-bond donors (Lipinski definition) is 0. The van der Waals surface area contributed by atoms with Crippen molar-refractivity contribution in [3.05, 3.63) is 144 Å². The van der Waals surface area contributed by atoms with E-state index in [2.05, 4.69) is 91.0 Å². The van der Waals surface area contributed by atoms with Crippen LogP contribution in [0.4, 0.5) is 0 Å². The van der Waals surface area contributed by atoms with Crippen molar-refractivity contribution in [1.29, 1.82) is 0 Å². The Morgan fingerprint density at radius 3 is 1.92 bits per heavy atom. The molecule has 0 saturated carbocycles. The quantitative estimate of drug-likeness (QED) is 0.239. The van der Waals surface area contributed by atoms with Crippen molar-refractivity contribution in [1.82, 2.24) is 9.97 Å². The molecule has 1 spiro atoms. The summed E-state index contributed by atoms with van der Waals surface area (Å²) in [4.78, 5) is 12.3. The van der Waals surface area contributed by atoms with Crippen LogP contribution in [0.25, 0.3) is 33.4 Å². The van der Waals surface area contributed by atoms with Gasteiger partial charge in [-0.15, -0.1) is 0 Å². The minimum atomic E-state index is -0.370. The molecule has 1 aliphatic carbocycles. The maximum absolute atomic E-state index is 4.97. The Bertz CT molecular complexity index is 1790. The van der Waals surface area contributed by atoms with Gasteiger partial charge in [0.25, 0.3) is 0 Å². The Morgan fingerprint density at radius 1 is 0.528 bits per heavy atom. The molecule has 3 heteroatoms.